The van der Waals surface area contributed by atoms with E-state index in [1.54, 1.807) is 19.1 Å². The van der Waals surface area contributed by atoms with Gasteiger partial charge < -0.3 is 15.2 Å². The molecule has 5 heteroatoms. The molecule has 1 aliphatic carbocycles. The van der Waals surface area contributed by atoms with Crippen LogP contribution in [0.5, 0.6) is 0 Å². The minimum atomic E-state index is -0.994. The van der Waals surface area contributed by atoms with Gasteiger partial charge in [-0.1, -0.05) is 91.0 Å². The molecule has 0 radical (unpaired) electrons. The van der Waals surface area contributed by atoms with E-state index in [0.717, 1.165) is 27.8 Å². The van der Waals surface area contributed by atoms with Gasteiger partial charge in [0.1, 0.15) is 6.61 Å². The average Bonchev–Trinajstić information content (AvgIpc) is 3.14. The van der Waals surface area contributed by atoms with E-state index in [2.05, 4.69) is 29.6 Å². The Bertz CT molecular complexity index is 1090. The number of carbonyl (C=O) groups excluding carboxylic acids is 1. The highest BCUT2D eigenvalue weighted by Crippen LogP contribution is 2.44. The SMILES string of the molecule is C[C@H](C(=O)O)[C@H](/C=C/c1ccccc1)NC(=O)OCC1c2ccccc2-c2ccccc21. The van der Waals surface area contributed by atoms with E-state index in [-0.39, 0.29) is 12.5 Å². The fourth-order valence-corrected chi connectivity index (χ4v) is 4.05. The smallest absolute Gasteiger partial charge is 0.407 e. The first-order valence-electron chi connectivity index (χ1n) is 10.6. The Balaban J connectivity index is 1.46. The number of hydrogen-bond acceptors (Lipinski definition) is 3. The molecule has 3 aromatic carbocycles. The minimum Gasteiger partial charge on any atom is -0.481 e. The lowest BCUT2D eigenvalue weighted by Gasteiger charge is -2.20. The van der Waals surface area contributed by atoms with Crippen molar-refractivity contribution in [3.63, 3.8) is 0 Å². The Labute approximate surface area is 187 Å². The van der Waals surface area contributed by atoms with E-state index in [0.29, 0.717) is 0 Å². The van der Waals surface area contributed by atoms with Crippen molar-refractivity contribution in [2.75, 3.05) is 6.61 Å². The third kappa shape index (κ3) is 4.57. The molecule has 0 aliphatic heterocycles. The molecule has 0 bridgehead atoms. The van der Waals surface area contributed by atoms with Gasteiger partial charge in [0.2, 0.25) is 0 Å². The van der Waals surface area contributed by atoms with E-state index >= 15 is 0 Å². The van der Waals surface area contributed by atoms with Crippen molar-refractivity contribution in [1.29, 1.82) is 0 Å². The van der Waals surface area contributed by atoms with Gasteiger partial charge in [-0.3, -0.25) is 4.79 Å². The van der Waals surface area contributed by atoms with Gasteiger partial charge in [0.05, 0.1) is 12.0 Å². The summed E-state index contributed by atoms with van der Waals surface area (Å²) in [5, 5.41) is 12.2. The quantitative estimate of drug-likeness (QED) is 0.535. The topological polar surface area (TPSA) is 75.6 Å². The van der Waals surface area contributed by atoms with Crippen LogP contribution in [0.4, 0.5) is 4.79 Å². The van der Waals surface area contributed by atoms with Crippen LogP contribution in [0.2, 0.25) is 0 Å². The summed E-state index contributed by atoms with van der Waals surface area (Å²) in [6.07, 6.45) is 2.85. The Morgan fingerprint density at radius 3 is 2.09 bits per heavy atom. The summed E-state index contributed by atoms with van der Waals surface area (Å²) in [7, 11) is 0. The summed E-state index contributed by atoms with van der Waals surface area (Å²) in [4.78, 5) is 24.2. The zero-order chi connectivity index (χ0) is 22.5. The van der Waals surface area contributed by atoms with Crippen LogP contribution >= 0.6 is 0 Å². The van der Waals surface area contributed by atoms with E-state index in [1.165, 1.54) is 0 Å². The van der Waals surface area contributed by atoms with Gasteiger partial charge >= 0.3 is 12.1 Å². The molecule has 1 aliphatic rings. The van der Waals surface area contributed by atoms with E-state index in [4.69, 9.17) is 4.74 Å². The number of carbonyl (C=O) groups is 2. The number of alkyl carbamates (subject to hydrolysis) is 1. The maximum atomic E-state index is 12.6. The standard InChI is InChI=1S/C27H25NO4/c1-18(26(29)30)25(16-15-19-9-3-2-4-10-19)28-27(31)32-17-24-22-13-7-5-11-20(22)21-12-6-8-14-23(21)24/h2-16,18,24-25H,17H2,1H3,(H,28,31)(H,29,30)/b16-15+/t18-,25-/m0/s1. The number of hydrogen-bond donors (Lipinski definition) is 2. The van der Waals surface area contributed by atoms with Crippen molar-refractivity contribution >= 4 is 18.1 Å². The molecule has 2 N–H and O–H groups in total. The van der Waals surface area contributed by atoms with Gasteiger partial charge in [-0.2, -0.15) is 0 Å². The number of ether oxygens (including phenoxy) is 1. The van der Waals surface area contributed by atoms with Crippen LogP contribution < -0.4 is 5.32 Å². The highest BCUT2D eigenvalue weighted by Gasteiger charge is 2.30. The van der Waals surface area contributed by atoms with Crippen LogP contribution in [0.25, 0.3) is 17.2 Å². The predicted molar refractivity (Wildman–Crippen MR) is 124 cm³/mol. The number of carboxylic acids is 1. The molecule has 4 rings (SSSR count). The zero-order valence-electron chi connectivity index (χ0n) is 17.8. The monoisotopic (exact) mass is 427 g/mol. The van der Waals surface area contributed by atoms with Crippen LogP contribution in [0.15, 0.2) is 84.9 Å². The number of rotatable bonds is 7. The largest absolute Gasteiger partial charge is 0.481 e. The zero-order valence-corrected chi connectivity index (χ0v) is 17.8. The van der Waals surface area contributed by atoms with Crippen molar-refractivity contribution in [1.82, 2.24) is 5.32 Å². The fraction of sp³-hybridized carbons (Fsp3) is 0.185. The van der Waals surface area contributed by atoms with Gasteiger partial charge in [-0.05, 0) is 34.7 Å². The summed E-state index contributed by atoms with van der Waals surface area (Å²) in [5.74, 6) is -1.86. The molecule has 0 unspecified atom stereocenters. The lowest BCUT2D eigenvalue weighted by atomic mass is 9.98. The lowest BCUT2D eigenvalue weighted by Crippen LogP contribution is -2.41. The summed E-state index contributed by atoms with van der Waals surface area (Å²) < 4.78 is 5.58. The Morgan fingerprint density at radius 1 is 0.938 bits per heavy atom. The molecule has 0 heterocycles. The summed E-state index contributed by atoms with van der Waals surface area (Å²) in [6.45, 7) is 1.74. The number of aliphatic carboxylic acids is 1. The van der Waals surface area contributed by atoms with Crippen LogP contribution in [0.3, 0.4) is 0 Å². The van der Waals surface area contributed by atoms with Gasteiger partial charge in [0.15, 0.2) is 0 Å². The van der Waals surface area contributed by atoms with Crippen molar-refractivity contribution in [3.05, 3.63) is 102 Å². The van der Waals surface area contributed by atoms with E-state index in [1.807, 2.05) is 54.6 Å². The first-order valence-corrected chi connectivity index (χ1v) is 10.6. The van der Waals surface area contributed by atoms with Gasteiger partial charge in [-0.25, -0.2) is 4.79 Å². The first kappa shape index (κ1) is 21.4. The molecular weight excluding hydrogens is 402 g/mol. The number of fused-ring (bicyclic) bond motifs is 3. The molecule has 162 valence electrons. The maximum absolute atomic E-state index is 12.6. The molecule has 2 atom stereocenters. The molecular formula is C27H25NO4. The second-order valence-electron chi connectivity index (χ2n) is 7.89. The normalized spacial score (nSPS) is 14.4. The summed E-state index contributed by atoms with van der Waals surface area (Å²) >= 11 is 0. The van der Waals surface area contributed by atoms with E-state index in [9.17, 15) is 14.7 Å². The van der Waals surface area contributed by atoms with Crippen LogP contribution in [0.1, 0.15) is 29.5 Å². The Morgan fingerprint density at radius 2 is 1.50 bits per heavy atom. The van der Waals surface area contributed by atoms with Gasteiger partial charge in [0, 0.05) is 5.92 Å². The summed E-state index contributed by atoms with van der Waals surface area (Å²) in [6, 6.07) is 25.0. The van der Waals surface area contributed by atoms with Crippen molar-refractivity contribution < 1.29 is 19.4 Å². The molecule has 3 aromatic rings. The van der Waals surface area contributed by atoms with Crippen LogP contribution in [0, 0.1) is 5.92 Å². The second kappa shape index (κ2) is 9.52. The second-order valence-corrected chi connectivity index (χ2v) is 7.89. The molecule has 5 nitrogen and oxygen atoms in total. The molecule has 32 heavy (non-hydrogen) atoms. The molecule has 1 amide bonds. The third-order valence-corrected chi connectivity index (χ3v) is 5.85. The maximum Gasteiger partial charge on any atom is 0.407 e. The Kier molecular flexibility index (Phi) is 6.36. The van der Waals surface area contributed by atoms with Crippen molar-refractivity contribution in [2.24, 2.45) is 5.92 Å². The van der Waals surface area contributed by atoms with Gasteiger partial charge in [0.25, 0.3) is 0 Å². The fourth-order valence-electron chi connectivity index (χ4n) is 4.05. The number of amides is 1. The van der Waals surface area contributed by atoms with Crippen molar-refractivity contribution in [2.45, 2.75) is 18.9 Å². The van der Waals surface area contributed by atoms with Crippen LogP contribution in [-0.2, 0) is 9.53 Å². The van der Waals surface area contributed by atoms with E-state index < -0.39 is 24.0 Å². The molecule has 0 saturated heterocycles. The van der Waals surface area contributed by atoms with Gasteiger partial charge in [-0.15, -0.1) is 0 Å². The highest BCUT2D eigenvalue weighted by molar-refractivity contribution is 5.79. The summed E-state index contributed by atoms with van der Waals surface area (Å²) in [5.41, 5.74) is 5.48. The molecule has 0 saturated carbocycles. The Hall–Kier alpha value is -3.86. The number of carboxylic acid groups (broad SMARTS) is 1. The third-order valence-electron chi connectivity index (χ3n) is 5.85. The molecule has 0 fully saturated rings. The number of nitrogens with one attached hydrogen (secondary N) is 1. The number of benzene rings is 3. The van der Waals surface area contributed by atoms with Crippen molar-refractivity contribution in [3.8, 4) is 11.1 Å². The highest BCUT2D eigenvalue weighted by atomic mass is 16.5. The predicted octanol–water partition coefficient (Wildman–Crippen LogP) is 5.33. The lowest BCUT2D eigenvalue weighted by molar-refractivity contribution is -0.141. The average molecular weight is 428 g/mol. The van der Waals surface area contributed by atoms with Crippen LogP contribution in [-0.4, -0.2) is 29.8 Å². The molecule has 0 aromatic heterocycles. The molecule has 0 spiro atoms. The minimum absolute atomic E-state index is 0.0524. The first-order chi connectivity index (χ1) is 15.5.